The molecule has 0 aromatic heterocycles. The number of ether oxygens (including phenoxy) is 1. The van der Waals surface area contributed by atoms with Gasteiger partial charge in [0.2, 0.25) is 5.91 Å². The Bertz CT molecular complexity index is 321. The van der Waals surface area contributed by atoms with Crippen molar-refractivity contribution in [3.63, 3.8) is 0 Å². The van der Waals surface area contributed by atoms with Gasteiger partial charge in [0.05, 0.1) is 13.1 Å². The van der Waals surface area contributed by atoms with E-state index in [4.69, 9.17) is 10.5 Å². The number of carbonyl (C=O) groups is 2. The van der Waals surface area contributed by atoms with Crippen molar-refractivity contribution in [1.29, 1.82) is 0 Å². The number of carbonyl (C=O) groups excluding carboxylic acids is 2. The Kier molecular flexibility index (Phi) is 3.63. The number of piperidine rings is 1. The lowest BCUT2D eigenvalue weighted by Gasteiger charge is -2.34. The largest absolute Gasteiger partial charge is 0.447 e. The van der Waals surface area contributed by atoms with Crippen molar-refractivity contribution in [2.24, 2.45) is 11.7 Å². The SMILES string of the molecule is CC1CN(CC(=O)N2CCOC2=O)CCC1N. The summed E-state index contributed by atoms with van der Waals surface area (Å²) in [7, 11) is 0. The Balaban J connectivity index is 1.84. The zero-order chi connectivity index (χ0) is 12.4. The van der Waals surface area contributed by atoms with Gasteiger partial charge in [-0.2, -0.15) is 0 Å². The molecule has 0 aromatic carbocycles. The maximum atomic E-state index is 11.9. The van der Waals surface area contributed by atoms with Crippen molar-refractivity contribution in [2.45, 2.75) is 19.4 Å². The highest BCUT2D eigenvalue weighted by Crippen LogP contribution is 2.15. The van der Waals surface area contributed by atoms with Crippen LogP contribution in [0, 0.1) is 5.92 Å². The predicted molar refractivity (Wildman–Crippen MR) is 61.3 cm³/mol. The molecule has 0 saturated carbocycles. The molecule has 0 aliphatic carbocycles. The normalized spacial score (nSPS) is 30.5. The van der Waals surface area contributed by atoms with Crippen molar-refractivity contribution in [3.8, 4) is 0 Å². The molecule has 0 radical (unpaired) electrons. The topological polar surface area (TPSA) is 75.9 Å². The zero-order valence-corrected chi connectivity index (χ0v) is 10.1. The van der Waals surface area contributed by atoms with Crippen molar-refractivity contribution >= 4 is 12.0 Å². The van der Waals surface area contributed by atoms with E-state index < -0.39 is 6.09 Å². The number of hydrogen-bond donors (Lipinski definition) is 1. The number of amides is 2. The maximum Gasteiger partial charge on any atom is 0.416 e. The second kappa shape index (κ2) is 5.01. The van der Waals surface area contributed by atoms with Gasteiger partial charge in [0, 0.05) is 19.1 Å². The molecule has 2 amide bonds. The van der Waals surface area contributed by atoms with Gasteiger partial charge in [-0.15, -0.1) is 0 Å². The van der Waals surface area contributed by atoms with Crippen molar-refractivity contribution < 1.29 is 14.3 Å². The highest BCUT2D eigenvalue weighted by molar-refractivity contribution is 5.94. The smallest absolute Gasteiger partial charge is 0.416 e. The fourth-order valence-corrected chi connectivity index (χ4v) is 2.29. The summed E-state index contributed by atoms with van der Waals surface area (Å²) in [5, 5.41) is 0. The molecule has 96 valence electrons. The van der Waals surface area contributed by atoms with Gasteiger partial charge in [-0.3, -0.25) is 9.69 Å². The van der Waals surface area contributed by atoms with Gasteiger partial charge < -0.3 is 10.5 Å². The van der Waals surface area contributed by atoms with E-state index in [-0.39, 0.29) is 18.5 Å². The van der Waals surface area contributed by atoms with Crippen LogP contribution in [0.2, 0.25) is 0 Å². The van der Waals surface area contributed by atoms with Gasteiger partial charge in [-0.1, -0.05) is 6.92 Å². The molecule has 2 aliphatic rings. The lowest BCUT2D eigenvalue weighted by atomic mass is 9.95. The average Bonchev–Trinajstić information content (AvgIpc) is 2.70. The third kappa shape index (κ3) is 2.76. The minimum atomic E-state index is -0.517. The van der Waals surface area contributed by atoms with Crippen LogP contribution in [0.3, 0.4) is 0 Å². The van der Waals surface area contributed by atoms with Crippen LogP contribution in [-0.4, -0.2) is 60.6 Å². The van der Waals surface area contributed by atoms with E-state index >= 15 is 0 Å². The quantitative estimate of drug-likeness (QED) is 0.714. The molecule has 2 unspecified atom stereocenters. The first kappa shape index (κ1) is 12.3. The van der Waals surface area contributed by atoms with E-state index in [0.29, 0.717) is 19.1 Å². The van der Waals surface area contributed by atoms with Crippen LogP contribution >= 0.6 is 0 Å². The van der Waals surface area contributed by atoms with Crippen LogP contribution in [0.5, 0.6) is 0 Å². The predicted octanol–water partition coefficient (Wildman–Crippen LogP) is -0.366. The first-order valence-electron chi connectivity index (χ1n) is 6.03. The maximum absolute atomic E-state index is 11.9. The van der Waals surface area contributed by atoms with Crippen LogP contribution in [-0.2, 0) is 9.53 Å². The Labute approximate surface area is 101 Å². The van der Waals surface area contributed by atoms with Crippen molar-refractivity contribution in [1.82, 2.24) is 9.80 Å². The third-order valence-corrected chi connectivity index (χ3v) is 3.48. The van der Waals surface area contributed by atoms with Gasteiger partial charge in [-0.25, -0.2) is 9.69 Å². The lowest BCUT2D eigenvalue weighted by Crippen LogP contribution is -2.49. The van der Waals surface area contributed by atoms with Crippen LogP contribution in [0.25, 0.3) is 0 Å². The summed E-state index contributed by atoms with van der Waals surface area (Å²) in [6.45, 7) is 4.69. The average molecular weight is 241 g/mol. The molecular formula is C11H19N3O3. The third-order valence-electron chi connectivity index (χ3n) is 3.48. The van der Waals surface area contributed by atoms with Crippen LogP contribution in [0.1, 0.15) is 13.3 Å². The van der Waals surface area contributed by atoms with Gasteiger partial charge >= 0.3 is 6.09 Å². The number of nitrogens with zero attached hydrogens (tertiary/aromatic N) is 2. The van der Waals surface area contributed by atoms with E-state index in [9.17, 15) is 9.59 Å². The van der Waals surface area contributed by atoms with Gasteiger partial charge in [0.25, 0.3) is 0 Å². The van der Waals surface area contributed by atoms with E-state index in [1.165, 1.54) is 4.90 Å². The monoisotopic (exact) mass is 241 g/mol. The number of imide groups is 1. The number of rotatable bonds is 2. The summed E-state index contributed by atoms with van der Waals surface area (Å²) >= 11 is 0. The summed E-state index contributed by atoms with van der Waals surface area (Å²) in [6, 6.07) is 0.220. The summed E-state index contributed by atoms with van der Waals surface area (Å²) in [5.74, 6) is 0.220. The number of cyclic esters (lactones) is 1. The highest BCUT2D eigenvalue weighted by atomic mass is 16.6. The van der Waals surface area contributed by atoms with Gasteiger partial charge in [0.1, 0.15) is 6.61 Å². The number of nitrogens with two attached hydrogens (primary N) is 1. The first-order chi connectivity index (χ1) is 8.08. The fraction of sp³-hybridized carbons (Fsp3) is 0.818. The summed E-state index contributed by atoms with van der Waals surface area (Å²) in [4.78, 5) is 26.3. The minimum Gasteiger partial charge on any atom is -0.447 e. The molecule has 17 heavy (non-hydrogen) atoms. The van der Waals surface area contributed by atoms with E-state index in [1.54, 1.807) is 0 Å². The molecule has 6 nitrogen and oxygen atoms in total. The minimum absolute atomic E-state index is 0.171. The summed E-state index contributed by atoms with van der Waals surface area (Å²) in [6.07, 6.45) is 0.385. The standard InChI is InChI=1S/C11H19N3O3/c1-8-6-13(3-2-9(8)12)7-10(15)14-4-5-17-11(14)16/h8-9H,2-7,12H2,1H3. The molecule has 2 atom stereocenters. The van der Waals surface area contributed by atoms with Crippen LogP contribution in [0.4, 0.5) is 4.79 Å². The van der Waals surface area contributed by atoms with Crippen molar-refractivity contribution in [2.75, 3.05) is 32.8 Å². The molecule has 2 aliphatic heterocycles. The Morgan fingerprint density at radius 2 is 2.29 bits per heavy atom. The van der Waals surface area contributed by atoms with E-state index in [1.807, 2.05) is 0 Å². The molecule has 2 saturated heterocycles. The first-order valence-corrected chi connectivity index (χ1v) is 6.03. The van der Waals surface area contributed by atoms with E-state index in [0.717, 1.165) is 19.5 Å². The van der Waals surface area contributed by atoms with E-state index in [2.05, 4.69) is 11.8 Å². The van der Waals surface area contributed by atoms with Crippen molar-refractivity contribution in [3.05, 3.63) is 0 Å². The Morgan fingerprint density at radius 3 is 2.88 bits per heavy atom. The summed E-state index contributed by atoms with van der Waals surface area (Å²) < 4.78 is 4.74. The van der Waals surface area contributed by atoms with Crippen LogP contribution in [0.15, 0.2) is 0 Å². The molecule has 2 heterocycles. The Hall–Kier alpha value is -1.14. The van der Waals surface area contributed by atoms with Crippen LogP contribution < -0.4 is 5.73 Å². The molecule has 0 spiro atoms. The molecular weight excluding hydrogens is 222 g/mol. The lowest BCUT2D eigenvalue weighted by molar-refractivity contribution is -0.129. The number of hydrogen-bond acceptors (Lipinski definition) is 5. The highest BCUT2D eigenvalue weighted by Gasteiger charge is 2.31. The number of likely N-dealkylation sites (tertiary alicyclic amines) is 1. The second-order valence-electron chi connectivity index (χ2n) is 4.82. The summed E-state index contributed by atoms with van der Waals surface area (Å²) in [5.41, 5.74) is 5.92. The Morgan fingerprint density at radius 1 is 1.53 bits per heavy atom. The zero-order valence-electron chi connectivity index (χ0n) is 10.1. The van der Waals surface area contributed by atoms with Gasteiger partial charge in [-0.05, 0) is 12.3 Å². The second-order valence-corrected chi connectivity index (χ2v) is 4.82. The molecule has 0 aromatic rings. The molecule has 6 heteroatoms. The molecule has 2 fully saturated rings. The van der Waals surface area contributed by atoms with Gasteiger partial charge in [0.15, 0.2) is 0 Å². The molecule has 2 rings (SSSR count). The molecule has 2 N–H and O–H groups in total. The molecule has 0 bridgehead atoms. The fourth-order valence-electron chi connectivity index (χ4n) is 2.29.